The van der Waals surface area contributed by atoms with E-state index in [1.54, 1.807) is 11.8 Å². The van der Waals surface area contributed by atoms with Gasteiger partial charge >= 0.3 is 0 Å². The maximum absolute atomic E-state index is 12.3. The van der Waals surface area contributed by atoms with Crippen molar-refractivity contribution < 1.29 is 4.79 Å². The van der Waals surface area contributed by atoms with E-state index in [0.717, 1.165) is 38.8 Å². The summed E-state index contributed by atoms with van der Waals surface area (Å²) in [5.41, 5.74) is -0.288. The van der Waals surface area contributed by atoms with Gasteiger partial charge in [-0.1, -0.05) is 13.3 Å². The Kier molecular flexibility index (Phi) is 5.32. The van der Waals surface area contributed by atoms with Gasteiger partial charge in [0.1, 0.15) is 0 Å². The van der Waals surface area contributed by atoms with Gasteiger partial charge in [0.15, 0.2) is 0 Å². The molecule has 1 saturated heterocycles. The lowest BCUT2D eigenvalue weighted by molar-refractivity contribution is -0.127. The molecule has 0 saturated carbocycles. The summed E-state index contributed by atoms with van der Waals surface area (Å²) in [5, 5.41) is 6.53. The van der Waals surface area contributed by atoms with Crippen LogP contribution in [-0.2, 0) is 4.79 Å². The van der Waals surface area contributed by atoms with Gasteiger partial charge in [0, 0.05) is 11.3 Å². The van der Waals surface area contributed by atoms with Gasteiger partial charge in [0.25, 0.3) is 0 Å². The Bertz CT molecular complexity index is 260. The van der Waals surface area contributed by atoms with Crippen molar-refractivity contribution in [1.29, 1.82) is 0 Å². The van der Waals surface area contributed by atoms with Crippen LogP contribution in [0.1, 0.15) is 46.5 Å². The van der Waals surface area contributed by atoms with Gasteiger partial charge in [0.05, 0.1) is 5.54 Å². The van der Waals surface area contributed by atoms with Crippen molar-refractivity contribution >= 4 is 17.7 Å². The largest absolute Gasteiger partial charge is 0.353 e. The fourth-order valence-electron chi connectivity index (χ4n) is 2.29. The van der Waals surface area contributed by atoms with Crippen LogP contribution in [0, 0.1) is 0 Å². The number of carbonyl (C=O) groups excluding carboxylic acids is 1. The first-order valence-electron chi connectivity index (χ1n) is 6.54. The van der Waals surface area contributed by atoms with E-state index in [-0.39, 0.29) is 16.2 Å². The molecular weight excluding hydrogens is 232 g/mol. The minimum absolute atomic E-state index is 0.113. The molecule has 0 aromatic carbocycles. The number of rotatable bonds is 6. The van der Waals surface area contributed by atoms with Crippen LogP contribution < -0.4 is 10.6 Å². The second kappa shape index (κ2) is 6.10. The predicted molar refractivity (Wildman–Crippen MR) is 75.5 cm³/mol. The van der Waals surface area contributed by atoms with Gasteiger partial charge in [-0.05, 0) is 45.9 Å². The summed E-state index contributed by atoms with van der Waals surface area (Å²) in [5.74, 6) is 0.193. The number of amides is 1. The number of hydrogen-bond donors (Lipinski definition) is 2. The highest BCUT2D eigenvalue weighted by Gasteiger charge is 2.40. The van der Waals surface area contributed by atoms with Gasteiger partial charge in [-0.25, -0.2) is 0 Å². The van der Waals surface area contributed by atoms with Crippen LogP contribution in [0.4, 0.5) is 0 Å². The fourth-order valence-corrected chi connectivity index (χ4v) is 2.50. The second-order valence-corrected chi connectivity index (χ2v) is 7.02. The van der Waals surface area contributed by atoms with E-state index in [0.29, 0.717) is 0 Å². The van der Waals surface area contributed by atoms with E-state index in [4.69, 9.17) is 0 Å². The molecular formula is C13H26N2OS. The molecule has 1 unspecified atom stereocenters. The minimum Gasteiger partial charge on any atom is -0.353 e. The molecule has 1 aliphatic heterocycles. The highest BCUT2D eigenvalue weighted by atomic mass is 32.2. The summed E-state index contributed by atoms with van der Waals surface area (Å²) < 4.78 is 0.113. The number of nitrogens with one attached hydrogen (secondary N) is 2. The molecule has 0 spiro atoms. The van der Waals surface area contributed by atoms with Crippen LogP contribution in [0.5, 0.6) is 0 Å². The van der Waals surface area contributed by atoms with Crippen molar-refractivity contribution in [2.24, 2.45) is 0 Å². The van der Waals surface area contributed by atoms with E-state index >= 15 is 0 Å². The second-order valence-electron chi connectivity index (χ2n) is 5.51. The summed E-state index contributed by atoms with van der Waals surface area (Å²) >= 11 is 1.79. The van der Waals surface area contributed by atoms with Crippen LogP contribution >= 0.6 is 11.8 Å². The molecule has 0 aromatic heterocycles. The van der Waals surface area contributed by atoms with Crippen LogP contribution in [0.25, 0.3) is 0 Å². The Morgan fingerprint density at radius 1 is 1.53 bits per heavy atom. The molecule has 2 N–H and O–H groups in total. The first kappa shape index (κ1) is 14.8. The molecule has 4 heteroatoms. The van der Waals surface area contributed by atoms with Crippen molar-refractivity contribution in [2.75, 3.05) is 19.3 Å². The van der Waals surface area contributed by atoms with Gasteiger partial charge in [-0.2, -0.15) is 11.8 Å². The van der Waals surface area contributed by atoms with Gasteiger partial charge in [0.2, 0.25) is 5.91 Å². The molecule has 0 bridgehead atoms. The Labute approximate surface area is 109 Å². The van der Waals surface area contributed by atoms with Gasteiger partial charge < -0.3 is 10.6 Å². The Morgan fingerprint density at radius 2 is 2.24 bits per heavy atom. The molecule has 1 amide bonds. The first-order chi connectivity index (χ1) is 7.96. The fraction of sp³-hybridized carbons (Fsp3) is 0.923. The van der Waals surface area contributed by atoms with E-state index in [1.165, 1.54) is 0 Å². The van der Waals surface area contributed by atoms with Crippen LogP contribution in [0.2, 0.25) is 0 Å². The van der Waals surface area contributed by atoms with Gasteiger partial charge in [-0.3, -0.25) is 4.79 Å². The van der Waals surface area contributed by atoms with Crippen molar-refractivity contribution in [3.05, 3.63) is 0 Å². The van der Waals surface area contributed by atoms with Crippen molar-refractivity contribution in [3.63, 3.8) is 0 Å². The third-order valence-corrected chi connectivity index (χ3v) is 4.83. The molecule has 0 aliphatic carbocycles. The Hall–Kier alpha value is -0.220. The lowest BCUT2D eigenvalue weighted by atomic mass is 9.90. The predicted octanol–water partition coefficient (Wildman–Crippen LogP) is 2.17. The topological polar surface area (TPSA) is 41.1 Å². The molecule has 3 nitrogen and oxygen atoms in total. The quantitative estimate of drug-likeness (QED) is 0.767. The maximum Gasteiger partial charge on any atom is 0.240 e. The number of hydrogen-bond acceptors (Lipinski definition) is 3. The van der Waals surface area contributed by atoms with Crippen LogP contribution in [0.15, 0.2) is 0 Å². The Balaban J connectivity index is 2.55. The van der Waals surface area contributed by atoms with E-state index < -0.39 is 0 Å². The molecule has 1 aliphatic rings. The third-order valence-electron chi connectivity index (χ3n) is 3.58. The van der Waals surface area contributed by atoms with Crippen LogP contribution in [-0.4, -0.2) is 35.5 Å². The molecule has 0 radical (unpaired) electrons. The lowest BCUT2D eigenvalue weighted by Gasteiger charge is -2.30. The zero-order valence-electron chi connectivity index (χ0n) is 11.6. The molecule has 1 atom stereocenters. The molecule has 1 heterocycles. The standard InChI is InChI=1S/C13H26N2OS/c1-5-7-13(8-6-9-15-13)11(16)14-10-12(2,3)17-4/h15H,5-10H2,1-4H3,(H,14,16). The molecule has 17 heavy (non-hydrogen) atoms. The third kappa shape index (κ3) is 3.88. The normalized spacial score (nSPS) is 24.9. The summed E-state index contributed by atoms with van der Waals surface area (Å²) in [6.07, 6.45) is 6.17. The molecule has 1 rings (SSSR count). The summed E-state index contributed by atoms with van der Waals surface area (Å²) in [7, 11) is 0. The smallest absolute Gasteiger partial charge is 0.240 e. The molecule has 1 fully saturated rings. The van der Waals surface area contributed by atoms with Gasteiger partial charge in [-0.15, -0.1) is 0 Å². The number of carbonyl (C=O) groups is 1. The summed E-state index contributed by atoms with van der Waals surface area (Å²) in [6.45, 7) is 8.17. The van der Waals surface area contributed by atoms with Crippen molar-refractivity contribution in [2.45, 2.75) is 56.7 Å². The monoisotopic (exact) mass is 258 g/mol. The number of thioether (sulfide) groups is 1. The molecule has 100 valence electrons. The lowest BCUT2D eigenvalue weighted by Crippen LogP contribution is -2.55. The average Bonchev–Trinajstić information content (AvgIpc) is 2.76. The average molecular weight is 258 g/mol. The zero-order valence-corrected chi connectivity index (χ0v) is 12.4. The van der Waals surface area contributed by atoms with E-state index in [1.807, 2.05) is 0 Å². The SMILES string of the molecule is CCCC1(C(=O)NCC(C)(C)SC)CCCN1. The maximum atomic E-state index is 12.3. The van der Waals surface area contributed by atoms with Crippen LogP contribution in [0.3, 0.4) is 0 Å². The van der Waals surface area contributed by atoms with Crippen molar-refractivity contribution in [1.82, 2.24) is 10.6 Å². The summed E-state index contributed by atoms with van der Waals surface area (Å²) in [4.78, 5) is 12.3. The van der Waals surface area contributed by atoms with Crippen molar-refractivity contribution in [3.8, 4) is 0 Å². The summed E-state index contributed by atoms with van der Waals surface area (Å²) in [6, 6.07) is 0. The van der Waals surface area contributed by atoms with E-state index in [2.05, 4.69) is 37.7 Å². The minimum atomic E-state index is -0.288. The zero-order chi connectivity index (χ0) is 12.9. The van der Waals surface area contributed by atoms with E-state index in [9.17, 15) is 4.79 Å². The Morgan fingerprint density at radius 3 is 2.71 bits per heavy atom. The molecule has 0 aromatic rings. The highest BCUT2D eigenvalue weighted by Crippen LogP contribution is 2.26. The first-order valence-corrected chi connectivity index (χ1v) is 7.77. The highest BCUT2D eigenvalue weighted by molar-refractivity contribution is 7.99.